The van der Waals surface area contributed by atoms with Crippen LogP contribution in [0.5, 0.6) is 0 Å². The third-order valence-corrected chi connectivity index (χ3v) is 6.83. The molecule has 0 spiro atoms. The topological polar surface area (TPSA) is 67.2 Å². The van der Waals surface area contributed by atoms with Crippen molar-refractivity contribution in [3.8, 4) is 0 Å². The van der Waals surface area contributed by atoms with Gasteiger partial charge in [0.25, 0.3) is 10.0 Å². The lowest BCUT2D eigenvalue weighted by atomic mass is 9.93. The summed E-state index contributed by atoms with van der Waals surface area (Å²) in [5.41, 5.74) is 2.17. The van der Waals surface area contributed by atoms with Crippen LogP contribution in [-0.4, -0.2) is 42.0 Å². The molecule has 0 amide bonds. The van der Waals surface area contributed by atoms with Crippen LogP contribution in [0.15, 0.2) is 66.1 Å². The Balaban J connectivity index is 1.51. The Kier molecular flexibility index (Phi) is 5.68. The van der Waals surface area contributed by atoms with Gasteiger partial charge >= 0.3 is 0 Å². The standard InChI is InChI=1S/C20H20Cl2N4O2S/c1-25-12-19(23-13-25)29(27,28)24-18-10-26(11-18)20(14-2-6-16(21)7-3-14)15-4-8-17(22)9-5-15/h2-9,12-13,18,20,24H,10-11H2,1H3. The van der Waals surface area contributed by atoms with E-state index in [1.54, 1.807) is 11.6 Å². The minimum atomic E-state index is -3.63. The summed E-state index contributed by atoms with van der Waals surface area (Å²) in [5.74, 6) is 0. The molecule has 1 saturated heterocycles. The predicted molar refractivity (Wildman–Crippen MR) is 114 cm³/mol. The van der Waals surface area contributed by atoms with E-state index in [1.165, 1.54) is 12.5 Å². The number of halogens is 2. The number of benzene rings is 2. The average molecular weight is 451 g/mol. The van der Waals surface area contributed by atoms with Gasteiger partial charge in [0, 0.05) is 42.4 Å². The van der Waals surface area contributed by atoms with Crippen LogP contribution in [0.4, 0.5) is 0 Å². The van der Waals surface area contributed by atoms with Gasteiger partial charge in [-0.25, -0.2) is 18.1 Å². The Hall–Kier alpha value is -1.90. The number of hydrogen-bond acceptors (Lipinski definition) is 4. The zero-order valence-corrected chi connectivity index (χ0v) is 18.0. The number of nitrogens with zero attached hydrogens (tertiary/aromatic N) is 3. The minimum absolute atomic E-state index is 0.0138. The summed E-state index contributed by atoms with van der Waals surface area (Å²) in [4.78, 5) is 6.16. The normalized spacial score (nSPS) is 15.6. The zero-order valence-electron chi connectivity index (χ0n) is 15.7. The van der Waals surface area contributed by atoms with Crippen molar-refractivity contribution in [3.63, 3.8) is 0 Å². The molecule has 0 aliphatic carbocycles. The first-order chi connectivity index (χ1) is 13.8. The van der Waals surface area contributed by atoms with Crippen LogP contribution in [-0.2, 0) is 17.1 Å². The van der Waals surface area contributed by atoms with Crippen molar-refractivity contribution in [1.29, 1.82) is 0 Å². The van der Waals surface area contributed by atoms with E-state index in [2.05, 4.69) is 14.6 Å². The largest absolute Gasteiger partial charge is 0.339 e. The lowest BCUT2D eigenvalue weighted by Crippen LogP contribution is -2.60. The zero-order chi connectivity index (χ0) is 20.6. The fourth-order valence-electron chi connectivity index (χ4n) is 3.51. The van der Waals surface area contributed by atoms with E-state index in [9.17, 15) is 8.42 Å². The average Bonchev–Trinajstić information content (AvgIpc) is 3.10. The van der Waals surface area contributed by atoms with Gasteiger partial charge in [-0.05, 0) is 35.4 Å². The number of imidazole rings is 1. The summed E-state index contributed by atoms with van der Waals surface area (Å²) in [7, 11) is -1.90. The van der Waals surface area contributed by atoms with E-state index in [0.717, 1.165) is 11.1 Å². The second kappa shape index (κ2) is 8.08. The number of aromatic nitrogens is 2. The van der Waals surface area contributed by atoms with Crippen molar-refractivity contribution in [3.05, 3.63) is 82.2 Å². The van der Waals surface area contributed by atoms with Crippen LogP contribution < -0.4 is 4.72 Å². The molecule has 2 aromatic carbocycles. The van der Waals surface area contributed by atoms with Gasteiger partial charge in [0.1, 0.15) is 0 Å². The molecule has 6 nitrogen and oxygen atoms in total. The molecule has 9 heteroatoms. The second-order valence-electron chi connectivity index (χ2n) is 7.16. The number of hydrogen-bond donors (Lipinski definition) is 1. The molecule has 152 valence electrons. The van der Waals surface area contributed by atoms with Crippen LogP contribution in [0.25, 0.3) is 0 Å². The first-order valence-corrected chi connectivity index (χ1v) is 11.3. The van der Waals surface area contributed by atoms with Gasteiger partial charge in [-0.1, -0.05) is 47.5 Å². The summed E-state index contributed by atoms with van der Waals surface area (Å²) in [6, 6.07) is 15.2. The number of aryl methyl sites for hydroxylation is 1. The minimum Gasteiger partial charge on any atom is -0.339 e. The molecule has 3 aromatic rings. The maximum Gasteiger partial charge on any atom is 0.259 e. The number of nitrogens with one attached hydrogen (secondary N) is 1. The monoisotopic (exact) mass is 450 g/mol. The van der Waals surface area contributed by atoms with E-state index >= 15 is 0 Å². The van der Waals surface area contributed by atoms with E-state index in [4.69, 9.17) is 23.2 Å². The quantitative estimate of drug-likeness (QED) is 0.623. The van der Waals surface area contributed by atoms with Crippen molar-refractivity contribution >= 4 is 33.2 Å². The van der Waals surface area contributed by atoms with Crippen LogP contribution >= 0.6 is 23.2 Å². The maximum atomic E-state index is 12.5. The lowest BCUT2D eigenvalue weighted by molar-refractivity contribution is 0.105. The first-order valence-electron chi connectivity index (χ1n) is 9.07. The Morgan fingerprint density at radius 3 is 1.97 bits per heavy atom. The molecule has 1 fully saturated rings. The summed E-state index contributed by atoms with van der Waals surface area (Å²) in [5, 5.41) is 1.38. The molecule has 2 heterocycles. The lowest BCUT2D eigenvalue weighted by Gasteiger charge is -2.44. The van der Waals surface area contributed by atoms with Crippen LogP contribution in [0.2, 0.25) is 10.0 Å². The summed E-state index contributed by atoms with van der Waals surface area (Å²) >= 11 is 12.1. The van der Waals surface area contributed by atoms with E-state index in [-0.39, 0.29) is 17.1 Å². The highest BCUT2D eigenvalue weighted by atomic mass is 35.5. The molecular formula is C20H20Cl2N4O2S. The second-order valence-corrected chi connectivity index (χ2v) is 9.69. The number of likely N-dealkylation sites (tertiary alicyclic amines) is 1. The molecule has 0 unspecified atom stereocenters. The maximum absolute atomic E-state index is 12.5. The summed E-state index contributed by atoms with van der Waals surface area (Å²) in [6.45, 7) is 1.17. The van der Waals surface area contributed by atoms with E-state index in [0.29, 0.717) is 23.1 Å². The SMILES string of the molecule is Cn1cnc(S(=O)(=O)NC2CN(C(c3ccc(Cl)cc3)c3ccc(Cl)cc3)C2)c1. The Labute approximate surface area is 180 Å². The Morgan fingerprint density at radius 1 is 1.00 bits per heavy atom. The molecule has 4 rings (SSSR count). The fraction of sp³-hybridized carbons (Fsp3) is 0.250. The summed E-state index contributed by atoms with van der Waals surface area (Å²) in [6.07, 6.45) is 2.96. The summed E-state index contributed by atoms with van der Waals surface area (Å²) < 4.78 is 29.4. The number of sulfonamides is 1. The Morgan fingerprint density at radius 2 is 1.52 bits per heavy atom. The molecule has 1 N–H and O–H groups in total. The van der Waals surface area contributed by atoms with Gasteiger partial charge in [-0.2, -0.15) is 0 Å². The van der Waals surface area contributed by atoms with Gasteiger partial charge in [0.05, 0.1) is 12.4 Å². The molecular weight excluding hydrogens is 431 g/mol. The van der Waals surface area contributed by atoms with Crippen molar-refractivity contribution in [1.82, 2.24) is 19.2 Å². The molecule has 0 radical (unpaired) electrons. The molecule has 0 saturated carbocycles. The van der Waals surface area contributed by atoms with Crippen LogP contribution in [0.3, 0.4) is 0 Å². The molecule has 1 aliphatic heterocycles. The third kappa shape index (κ3) is 4.49. The van der Waals surface area contributed by atoms with Gasteiger partial charge < -0.3 is 4.57 Å². The molecule has 29 heavy (non-hydrogen) atoms. The predicted octanol–water partition coefficient (Wildman–Crippen LogP) is 3.48. The van der Waals surface area contributed by atoms with E-state index < -0.39 is 10.0 Å². The van der Waals surface area contributed by atoms with Crippen LogP contribution in [0, 0.1) is 0 Å². The first kappa shape index (κ1) is 20.4. The number of rotatable bonds is 6. The van der Waals surface area contributed by atoms with Crippen LogP contribution in [0.1, 0.15) is 17.2 Å². The molecule has 0 bridgehead atoms. The van der Waals surface area contributed by atoms with Crippen molar-refractivity contribution < 1.29 is 8.42 Å². The highest BCUT2D eigenvalue weighted by Crippen LogP contribution is 2.33. The molecule has 0 atom stereocenters. The highest BCUT2D eigenvalue weighted by Gasteiger charge is 2.36. The molecule has 1 aromatic heterocycles. The van der Waals surface area contributed by atoms with Gasteiger partial charge in [-0.15, -0.1) is 0 Å². The van der Waals surface area contributed by atoms with Crippen molar-refractivity contribution in [2.24, 2.45) is 7.05 Å². The van der Waals surface area contributed by atoms with Gasteiger partial charge in [-0.3, -0.25) is 4.90 Å². The van der Waals surface area contributed by atoms with E-state index in [1.807, 2.05) is 48.5 Å². The molecule has 1 aliphatic rings. The Bertz CT molecular complexity index is 1050. The van der Waals surface area contributed by atoms with Gasteiger partial charge in [0.15, 0.2) is 5.03 Å². The van der Waals surface area contributed by atoms with Crippen molar-refractivity contribution in [2.45, 2.75) is 17.1 Å². The fourth-order valence-corrected chi connectivity index (χ4v) is 4.96. The van der Waals surface area contributed by atoms with Gasteiger partial charge in [0.2, 0.25) is 0 Å². The smallest absolute Gasteiger partial charge is 0.259 e. The van der Waals surface area contributed by atoms with Crippen molar-refractivity contribution in [2.75, 3.05) is 13.1 Å². The third-order valence-electron chi connectivity index (χ3n) is 4.92. The highest BCUT2D eigenvalue weighted by molar-refractivity contribution is 7.89.